The summed E-state index contributed by atoms with van der Waals surface area (Å²) in [5, 5.41) is 3.16. The molecule has 1 rings (SSSR count). The lowest BCUT2D eigenvalue weighted by atomic mass is 10.2. The van der Waals surface area contributed by atoms with Crippen LogP contribution in [0.2, 0.25) is 0 Å². The van der Waals surface area contributed by atoms with E-state index in [1.807, 2.05) is 7.05 Å². The Morgan fingerprint density at radius 1 is 1.31 bits per heavy atom. The number of halogens is 1. The van der Waals surface area contributed by atoms with Gasteiger partial charge in [-0.3, -0.25) is 0 Å². The molecular weight excluding hydrogens is 264 g/mol. The van der Waals surface area contributed by atoms with Crippen LogP contribution >= 0.6 is 15.9 Å². The number of nitrogens with zero attached hydrogens (tertiary/aromatic N) is 1. The molecule has 1 N–H and O–H groups in total. The van der Waals surface area contributed by atoms with Crippen molar-refractivity contribution in [2.24, 2.45) is 0 Å². The second kappa shape index (κ2) is 6.92. The number of hydrogen-bond acceptors (Lipinski definition) is 2. The summed E-state index contributed by atoms with van der Waals surface area (Å²) in [6.45, 7) is 7.49. The molecule has 0 aliphatic heterocycles. The average Bonchev–Trinajstić information content (AvgIpc) is 2.27. The zero-order valence-corrected chi connectivity index (χ0v) is 12.0. The van der Waals surface area contributed by atoms with Gasteiger partial charge in [-0.15, -0.1) is 0 Å². The van der Waals surface area contributed by atoms with Gasteiger partial charge in [-0.2, -0.15) is 0 Å². The smallest absolute Gasteiger partial charge is 0.0510 e. The monoisotopic (exact) mass is 284 g/mol. The lowest BCUT2D eigenvalue weighted by Gasteiger charge is -2.24. The molecule has 0 heterocycles. The first kappa shape index (κ1) is 13.5. The Balaban J connectivity index is 2.87. The molecule has 0 bridgehead atoms. The van der Waals surface area contributed by atoms with E-state index in [1.165, 1.54) is 22.1 Å². The molecule has 2 nitrogen and oxygen atoms in total. The molecule has 0 fully saturated rings. The van der Waals surface area contributed by atoms with Crippen LogP contribution in [0, 0.1) is 0 Å². The van der Waals surface area contributed by atoms with Crippen LogP contribution in [0.1, 0.15) is 25.8 Å². The predicted octanol–water partition coefficient (Wildman–Crippen LogP) is 3.40. The number of benzene rings is 1. The minimum Gasteiger partial charge on any atom is -0.371 e. The molecule has 0 amide bonds. The summed E-state index contributed by atoms with van der Waals surface area (Å²) in [5.41, 5.74) is 2.61. The normalized spacial score (nSPS) is 10.5. The van der Waals surface area contributed by atoms with Gasteiger partial charge in [0.25, 0.3) is 0 Å². The van der Waals surface area contributed by atoms with E-state index in [9.17, 15) is 0 Å². The average molecular weight is 285 g/mol. The van der Waals surface area contributed by atoms with E-state index in [4.69, 9.17) is 0 Å². The van der Waals surface area contributed by atoms with Crippen molar-refractivity contribution in [2.75, 3.05) is 25.0 Å². The maximum Gasteiger partial charge on any atom is 0.0510 e. The van der Waals surface area contributed by atoms with Crippen LogP contribution in [-0.4, -0.2) is 20.1 Å². The first-order valence-electron chi connectivity index (χ1n) is 5.90. The molecule has 0 unspecified atom stereocenters. The van der Waals surface area contributed by atoms with Gasteiger partial charge in [0.05, 0.1) is 5.69 Å². The number of nitrogens with one attached hydrogen (secondary N) is 1. The highest BCUT2D eigenvalue weighted by molar-refractivity contribution is 9.10. The minimum atomic E-state index is 0.915. The van der Waals surface area contributed by atoms with Crippen molar-refractivity contribution in [3.05, 3.63) is 28.2 Å². The minimum absolute atomic E-state index is 0.915. The molecule has 1 aromatic carbocycles. The maximum absolute atomic E-state index is 3.66. The summed E-state index contributed by atoms with van der Waals surface area (Å²) in [4.78, 5) is 2.40. The Kier molecular flexibility index (Phi) is 5.85. The van der Waals surface area contributed by atoms with Gasteiger partial charge in [0.1, 0.15) is 0 Å². The third kappa shape index (κ3) is 3.49. The highest BCUT2D eigenvalue weighted by Gasteiger charge is 2.07. The maximum atomic E-state index is 3.66. The van der Waals surface area contributed by atoms with Crippen LogP contribution < -0.4 is 10.2 Å². The van der Waals surface area contributed by atoms with Gasteiger partial charge in [0.2, 0.25) is 0 Å². The van der Waals surface area contributed by atoms with Gasteiger partial charge in [-0.1, -0.05) is 13.0 Å². The quantitative estimate of drug-likeness (QED) is 0.861. The molecule has 1 aromatic rings. The highest BCUT2D eigenvalue weighted by Crippen LogP contribution is 2.27. The Bertz CT molecular complexity index is 326. The third-order valence-electron chi connectivity index (χ3n) is 2.61. The summed E-state index contributed by atoms with van der Waals surface area (Å²) in [5.74, 6) is 0. The van der Waals surface area contributed by atoms with Gasteiger partial charge in [-0.25, -0.2) is 0 Å². The topological polar surface area (TPSA) is 15.3 Å². The van der Waals surface area contributed by atoms with E-state index < -0.39 is 0 Å². The van der Waals surface area contributed by atoms with E-state index >= 15 is 0 Å². The van der Waals surface area contributed by atoms with Crippen LogP contribution in [0.25, 0.3) is 0 Å². The lowest BCUT2D eigenvalue weighted by molar-refractivity contribution is 0.786. The summed E-state index contributed by atoms with van der Waals surface area (Å²) in [6, 6.07) is 6.59. The molecular formula is C13H21BrN2. The molecule has 0 aliphatic rings. The Morgan fingerprint density at radius 2 is 2.06 bits per heavy atom. The fourth-order valence-electron chi connectivity index (χ4n) is 1.84. The van der Waals surface area contributed by atoms with Crippen LogP contribution in [-0.2, 0) is 6.54 Å². The standard InChI is InChI=1S/C13H21BrN2/c1-4-8-16(5-2)13-7-6-11(10-15-3)9-12(13)14/h6-7,9,15H,4-5,8,10H2,1-3H3. The Labute approximate surface area is 107 Å². The molecule has 0 radical (unpaired) electrons. The third-order valence-corrected chi connectivity index (χ3v) is 3.24. The predicted molar refractivity (Wildman–Crippen MR) is 75.1 cm³/mol. The van der Waals surface area contributed by atoms with Gasteiger partial charge in [0, 0.05) is 24.1 Å². The van der Waals surface area contributed by atoms with Crippen LogP contribution in [0.5, 0.6) is 0 Å². The summed E-state index contributed by atoms with van der Waals surface area (Å²) in [6.07, 6.45) is 1.18. The number of hydrogen-bond donors (Lipinski definition) is 1. The van der Waals surface area contributed by atoms with Crippen molar-refractivity contribution in [3.8, 4) is 0 Å². The second-order valence-electron chi connectivity index (χ2n) is 3.90. The van der Waals surface area contributed by atoms with Gasteiger partial charge in [-0.05, 0) is 54.0 Å². The van der Waals surface area contributed by atoms with Crippen molar-refractivity contribution in [1.29, 1.82) is 0 Å². The Morgan fingerprint density at radius 3 is 2.56 bits per heavy atom. The molecule has 0 saturated heterocycles. The van der Waals surface area contributed by atoms with Crippen molar-refractivity contribution < 1.29 is 0 Å². The molecule has 0 spiro atoms. The molecule has 0 aromatic heterocycles. The molecule has 0 saturated carbocycles. The number of anilines is 1. The molecule has 90 valence electrons. The zero-order chi connectivity index (χ0) is 12.0. The van der Waals surface area contributed by atoms with Crippen LogP contribution in [0.15, 0.2) is 22.7 Å². The van der Waals surface area contributed by atoms with Crippen LogP contribution in [0.3, 0.4) is 0 Å². The number of rotatable bonds is 6. The fraction of sp³-hybridized carbons (Fsp3) is 0.538. The Hall–Kier alpha value is -0.540. The van der Waals surface area contributed by atoms with Crippen molar-refractivity contribution in [2.45, 2.75) is 26.8 Å². The largest absolute Gasteiger partial charge is 0.371 e. The van der Waals surface area contributed by atoms with Crippen molar-refractivity contribution in [1.82, 2.24) is 5.32 Å². The summed E-state index contributed by atoms with van der Waals surface area (Å²) < 4.78 is 1.19. The second-order valence-corrected chi connectivity index (χ2v) is 4.75. The van der Waals surface area contributed by atoms with E-state index in [2.05, 4.69) is 58.2 Å². The molecule has 0 atom stereocenters. The van der Waals surface area contributed by atoms with E-state index in [0.29, 0.717) is 0 Å². The molecule has 0 aliphatic carbocycles. The van der Waals surface area contributed by atoms with E-state index in [1.54, 1.807) is 0 Å². The van der Waals surface area contributed by atoms with Crippen molar-refractivity contribution in [3.63, 3.8) is 0 Å². The van der Waals surface area contributed by atoms with Gasteiger partial charge in [0.15, 0.2) is 0 Å². The van der Waals surface area contributed by atoms with E-state index in [0.717, 1.165) is 19.6 Å². The zero-order valence-electron chi connectivity index (χ0n) is 10.4. The first-order chi connectivity index (χ1) is 7.72. The fourth-order valence-corrected chi connectivity index (χ4v) is 2.52. The molecule has 3 heteroatoms. The first-order valence-corrected chi connectivity index (χ1v) is 6.70. The summed E-state index contributed by atoms with van der Waals surface area (Å²) in [7, 11) is 1.97. The highest BCUT2D eigenvalue weighted by atomic mass is 79.9. The van der Waals surface area contributed by atoms with Crippen molar-refractivity contribution >= 4 is 21.6 Å². The summed E-state index contributed by atoms with van der Waals surface area (Å²) >= 11 is 3.66. The van der Waals surface area contributed by atoms with E-state index in [-0.39, 0.29) is 0 Å². The van der Waals surface area contributed by atoms with Gasteiger partial charge < -0.3 is 10.2 Å². The van der Waals surface area contributed by atoms with Crippen LogP contribution in [0.4, 0.5) is 5.69 Å². The molecule has 16 heavy (non-hydrogen) atoms. The SMILES string of the molecule is CCCN(CC)c1ccc(CNC)cc1Br. The lowest BCUT2D eigenvalue weighted by Crippen LogP contribution is -2.23. The van der Waals surface area contributed by atoms with Gasteiger partial charge >= 0.3 is 0 Å².